The summed E-state index contributed by atoms with van der Waals surface area (Å²) in [4.78, 5) is 15.7. The highest BCUT2D eigenvalue weighted by molar-refractivity contribution is 5.80. The van der Waals surface area contributed by atoms with E-state index < -0.39 is 0 Å². The zero-order chi connectivity index (χ0) is 16.5. The molecule has 0 atom stereocenters. The van der Waals surface area contributed by atoms with Crippen LogP contribution < -0.4 is 16.0 Å². The Balaban J connectivity index is 1.56. The minimum Gasteiger partial charge on any atom is -0.356 e. The van der Waals surface area contributed by atoms with Crippen LogP contribution in [0.4, 0.5) is 4.39 Å². The summed E-state index contributed by atoms with van der Waals surface area (Å²) in [6.07, 6.45) is 4.26. The van der Waals surface area contributed by atoms with E-state index >= 15 is 0 Å². The van der Waals surface area contributed by atoms with Gasteiger partial charge in [-0.3, -0.25) is 9.79 Å². The van der Waals surface area contributed by atoms with Crippen LogP contribution in [0.15, 0.2) is 29.3 Å². The predicted octanol–water partition coefficient (Wildman–Crippen LogP) is 1.59. The van der Waals surface area contributed by atoms with Crippen molar-refractivity contribution in [1.29, 1.82) is 0 Å². The highest BCUT2D eigenvalue weighted by atomic mass is 19.1. The van der Waals surface area contributed by atoms with E-state index in [4.69, 9.17) is 0 Å². The molecule has 1 amide bonds. The number of carbonyl (C=O) groups is 1. The quantitative estimate of drug-likeness (QED) is 0.387. The smallest absolute Gasteiger partial charge is 0.220 e. The van der Waals surface area contributed by atoms with Gasteiger partial charge in [-0.2, -0.15) is 0 Å². The van der Waals surface area contributed by atoms with Gasteiger partial charge in [-0.05, 0) is 43.4 Å². The van der Waals surface area contributed by atoms with Crippen LogP contribution in [0.1, 0.15) is 31.2 Å². The number of hydrogen-bond donors (Lipinski definition) is 3. The normalized spacial score (nSPS) is 14.4. The van der Waals surface area contributed by atoms with E-state index in [0.717, 1.165) is 31.2 Å². The Hall–Kier alpha value is -2.11. The van der Waals surface area contributed by atoms with Gasteiger partial charge in [0.2, 0.25) is 5.91 Å². The van der Waals surface area contributed by atoms with Crippen molar-refractivity contribution in [2.75, 3.05) is 20.1 Å². The zero-order valence-corrected chi connectivity index (χ0v) is 13.6. The second-order valence-corrected chi connectivity index (χ2v) is 5.75. The summed E-state index contributed by atoms with van der Waals surface area (Å²) < 4.78 is 13.1. The fraction of sp³-hybridized carbons (Fsp3) is 0.529. The lowest BCUT2D eigenvalue weighted by molar-refractivity contribution is -0.121. The van der Waals surface area contributed by atoms with Crippen molar-refractivity contribution in [1.82, 2.24) is 16.0 Å². The van der Waals surface area contributed by atoms with E-state index in [1.54, 1.807) is 13.1 Å². The van der Waals surface area contributed by atoms with Crippen molar-refractivity contribution in [3.05, 3.63) is 35.6 Å². The molecule has 1 aromatic rings. The number of rotatable bonds is 8. The third-order valence-electron chi connectivity index (χ3n) is 3.63. The number of halogens is 1. The maximum Gasteiger partial charge on any atom is 0.220 e. The molecule has 0 aliphatic heterocycles. The molecular weight excluding hydrogens is 295 g/mol. The molecule has 1 aliphatic carbocycles. The summed E-state index contributed by atoms with van der Waals surface area (Å²) >= 11 is 0. The van der Waals surface area contributed by atoms with E-state index in [2.05, 4.69) is 20.9 Å². The van der Waals surface area contributed by atoms with Crippen LogP contribution in [-0.4, -0.2) is 38.0 Å². The van der Waals surface area contributed by atoms with Gasteiger partial charge in [0.25, 0.3) is 0 Å². The molecule has 23 heavy (non-hydrogen) atoms. The first-order valence-electron chi connectivity index (χ1n) is 8.15. The first-order valence-corrected chi connectivity index (χ1v) is 8.15. The molecular formula is C17H25FN4O. The Bertz CT molecular complexity index is 543. The molecule has 1 aromatic carbocycles. The third kappa shape index (κ3) is 7.13. The Labute approximate surface area is 136 Å². The molecule has 1 fully saturated rings. The monoisotopic (exact) mass is 320 g/mol. The molecule has 0 unspecified atom stereocenters. The summed E-state index contributed by atoms with van der Waals surface area (Å²) in [5.41, 5.74) is 0.949. The summed E-state index contributed by atoms with van der Waals surface area (Å²) in [6, 6.07) is 7.02. The van der Waals surface area contributed by atoms with Gasteiger partial charge in [0.15, 0.2) is 5.96 Å². The van der Waals surface area contributed by atoms with Crippen LogP contribution in [-0.2, 0) is 11.2 Å². The maximum atomic E-state index is 13.1. The fourth-order valence-corrected chi connectivity index (χ4v) is 2.22. The van der Waals surface area contributed by atoms with E-state index in [0.29, 0.717) is 31.5 Å². The largest absolute Gasteiger partial charge is 0.356 e. The molecule has 1 saturated carbocycles. The fourth-order valence-electron chi connectivity index (χ4n) is 2.22. The molecule has 1 aliphatic rings. The summed E-state index contributed by atoms with van der Waals surface area (Å²) in [5, 5.41) is 9.33. The lowest BCUT2D eigenvalue weighted by Gasteiger charge is -2.12. The van der Waals surface area contributed by atoms with Gasteiger partial charge in [0.1, 0.15) is 5.82 Å². The lowest BCUT2D eigenvalue weighted by atomic mass is 10.1. The van der Waals surface area contributed by atoms with Gasteiger partial charge in [-0.15, -0.1) is 0 Å². The predicted molar refractivity (Wildman–Crippen MR) is 89.9 cm³/mol. The summed E-state index contributed by atoms with van der Waals surface area (Å²) in [7, 11) is 1.71. The van der Waals surface area contributed by atoms with Crippen LogP contribution in [0.2, 0.25) is 0 Å². The molecule has 5 nitrogen and oxygen atoms in total. The first-order chi connectivity index (χ1) is 11.2. The maximum absolute atomic E-state index is 13.1. The van der Waals surface area contributed by atoms with Crippen LogP contribution in [0, 0.1) is 5.82 Å². The zero-order valence-electron chi connectivity index (χ0n) is 13.6. The molecule has 6 heteroatoms. The second-order valence-electron chi connectivity index (χ2n) is 5.75. The highest BCUT2D eigenvalue weighted by Gasteiger charge is 2.22. The van der Waals surface area contributed by atoms with Gasteiger partial charge in [0, 0.05) is 32.6 Å². The Morgan fingerprint density at radius 3 is 2.78 bits per heavy atom. The van der Waals surface area contributed by atoms with Crippen molar-refractivity contribution in [3.8, 4) is 0 Å². The number of carbonyl (C=O) groups excluding carboxylic acids is 1. The van der Waals surface area contributed by atoms with Gasteiger partial charge in [-0.1, -0.05) is 12.1 Å². The standard InChI is InChI=1S/C17H25FN4O/c1-19-17(20-10-3-6-16(23)22-15-7-8-15)21-11-9-13-4-2-5-14(18)12-13/h2,4-5,12,15H,3,6-11H2,1H3,(H,22,23)(H2,19,20,21). The van der Waals surface area contributed by atoms with Crippen LogP contribution in [0.3, 0.4) is 0 Å². The number of amides is 1. The first kappa shape index (κ1) is 17.2. The average molecular weight is 320 g/mol. The molecule has 0 radical (unpaired) electrons. The van der Waals surface area contributed by atoms with Crippen molar-refractivity contribution < 1.29 is 9.18 Å². The number of nitrogens with zero attached hydrogens (tertiary/aromatic N) is 1. The van der Waals surface area contributed by atoms with Crippen LogP contribution in [0.5, 0.6) is 0 Å². The molecule has 3 N–H and O–H groups in total. The highest BCUT2D eigenvalue weighted by Crippen LogP contribution is 2.18. The van der Waals surface area contributed by atoms with Crippen molar-refractivity contribution in [2.45, 2.75) is 38.1 Å². The summed E-state index contributed by atoms with van der Waals surface area (Å²) in [6.45, 7) is 1.36. The van der Waals surface area contributed by atoms with Gasteiger partial charge in [0.05, 0.1) is 0 Å². The summed E-state index contributed by atoms with van der Waals surface area (Å²) in [5.74, 6) is 0.613. The second kappa shape index (κ2) is 9.12. The van der Waals surface area contributed by atoms with Crippen molar-refractivity contribution in [2.24, 2.45) is 4.99 Å². The third-order valence-corrected chi connectivity index (χ3v) is 3.63. The molecule has 2 rings (SSSR count). The van der Waals surface area contributed by atoms with Gasteiger partial charge >= 0.3 is 0 Å². The molecule has 0 spiro atoms. The molecule has 0 bridgehead atoms. The molecule has 0 heterocycles. The molecule has 0 saturated heterocycles. The van der Waals surface area contributed by atoms with Crippen LogP contribution in [0.25, 0.3) is 0 Å². The Kier molecular flexibility index (Phi) is 6.84. The van der Waals surface area contributed by atoms with Crippen LogP contribution >= 0.6 is 0 Å². The number of nitrogens with one attached hydrogen (secondary N) is 3. The van der Waals surface area contributed by atoms with Crippen molar-refractivity contribution >= 4 is 11.9 Å². The van der Waals surface area contributed by atoms with E-state index in [1.807, 2.05) is 6.07 Å². The number of hydrogen-bond acceptors (Lipinski definition) is 2. The minimum atomic E-state index is -0.213. The number of benzene rings is 1. The van der Waals surface area contributed by atoms with E-state index in [1.165, 1.54) is 12.1 Å². The Morgan fingerprint density at radius 2 is 2.09 bits per heavy atom. The van der Waals surface area contributed by atoms with Crippen molar-refractivity contribution in [3.63, 3.8) is 0 Å². The van der Waals surface area contributed by atoms with Gasteiger partial charge in [-0.25, -0.2) is 4.39 Å². The average Bonchev–Trinajstić information content (AvgIpc) is 3.33. The SMILES string of the molecule is CN=C(NCCCC(=O)NC1CC1)NCCc1cccc(F)c1. The van der Waals surface area contributed by atoms with E-state index in [-0.39, 0.29) is 11.7 Å². The number of guanidine groups is 1. The lowest BCUT2D eigenvalue weighted by Crippen LogP contribution is -2.39. The van der Waals surface area contributed by atoms with E-state index in [9.17, 15) is 9.18 Å². The molecule has 0 aromatic heterocycles. The minimum absolute atomic E-state index is 0.128. The number of aliphatic imine (C=N–C) groups is 1. The van der Waals surface area contributed by atoms with Gasteiger partial charge < -0.3 is 16.0 Å². The topological polar surface area (TPSA) is 65.5 Å². The molecule has 126 valence electrons. The Morgan fingerprint density at radius 1 is 1.30 bits per heavy atom.